The van der Waals surface area contributed by atoms with E-state index in [1.54, 1.807) is 30.2 Å². The smallest absolute Gasteiger partial charge is 0.210 e. The number of halogens is 1. The first-order valence-corrected chi connectivity index (χ1v) is 8.88. The number of aromatic nitrogens is 3. The first-order chi connectivity index (χ1) is 12.1. The van der Waals surface area contributed by atoms with Gasteiger partial charge in [-0.1, -0.05) is 36.0 Å². The van der Waals surface area contributed by atoms with Crippen molar-refractivity contribution in [3.63, 3.8) is 0 Å². The van der Waals surface area contributed by atoms with Crippen LogP contribution in [0.15, 0.2) is 60.0 Å². The molecule has 0 saturated carbocycles. The fourth-order valence-corrected chi connectivity index (χ4v) is 3.09. The summed E-state index contributed by atoms with van der Waals surface area (Å²) in [5.74, 6) is 0.483. The Morgan fingerprint density at radius 1 is 1.04 bits per heavy atom. The van der Waals surface area contributed by atoms with E-state index in [1.165, 1.54) is 23.4 Å². The zero-order valence-electron chi connectivity index (χ0n) is 14.2. The highest BCUT2D eigenvalue weighted by molar-refractivity contribution is 7.98. The summed E-state index contributed by atoms with van der Waals surface area (Å²) in [4.78, 5) is 2.07. The van der Waals surface area contributed by atoms with E-state index in [1.807, 2.05) is 18.8 Å². The van der Waals surface area contributed by atoms with Gasteiger partial charge >= 0.3 is 0 Å². The van der Waals surface area contributed by atoms with Crippen LogP contribution in [0.25, 0.3) is 0 Å². The standard InChI is InChI=1S/C18H20FN5S/c1-23(2)17-9-5-14(6-10-17)11-21-24-13-20-22-18(24)25-12-15-3-7-16(19)8-4-15/h3-10,13,21H,11-12H2,1-2H3. The number of nitrogens with zero attached hydrogens (tertiary/aromatic N) is 4. The van der Waals surface area contributed by atoms with Gasteiger partial charge in [-0.2, -0.15) is 0 Å². The second-order valence-corrected chi connectivity index (χ2v) is 6.74. The molecule has 1 aromatic heterocycles. The first kappa shape index (κ1) is 17.3. The molecule has 0 radical (unpaired) electrons. The molecule has 0 spiro atoms. The van der Waals surface area contributed by atoms with Crippen LogP contribution in [0.1, 0.15) is 11.1 Å². The van der Waals surface area contributed by atoms with Gasteiger partial charge in [-0.15, -0.1) is 10.2 Å². The number of rotatable bonds is 7. The van der Waals surface area contributed by atoms with Crippen molar-refractivity contribution in [1.29, 1.82) is 0 Å². The van der Waals surface area contributed by atoms with Crippen LogP contribution in [0.2, 0.25) is 0 Å². The topological polar surface area (TPSA) is 46.0 Å². The van der Waals surface area contributed by atoms with Gasteiger partial charge in [0, 0.05) is 25.5 Å². The maximum Gasteiger partial charge on any atom is 0.210 e. The Bertz CT molecular complexity index is 799. The molecular formula is C18H20FN5S. The lowest BCUT2D eigenvalue weighted by Gasteiger charge is -2.13. The molecule has 0 aliphatic carbocycles. The molecule has 2 aromatic carbocycles. The number of nitrogens with one attached hydrogen (secondary N) is 1. The van der Waals surface area contributed by atoms with Gasteiger partial charge in [0.2, 0.25) is 5.16 Å². The lowest BCUT2D eigenvalue weighted by molar-refractivity contribution is 0.627. The van der Waals surface area contributed by atoms with Gasteiger partial charge in [-0.25, -0.2) is 9.07 Å². The molecule has 25 heavy (non-hydrogen) atoms. The number of anilines is 1. The SMILES string of the molecule is CN(C)c1ccc(CNn2cnnc2SCc2ccc(F)cc2)cc1. The van der Waals surface area contributed by atoms with E-state index in [9.17, 15) is 4.39 Å². The van der Waals surface area contributed by atoms with Crippen LogP contribution < -0.4 is 10.3 Å². The molecule has 7 heteroatoms. The Balaban J connectivity index is 1.57. The van der Waals surface area contributed by atoms with Crippen molar-refractivity contribution >= 4 is 17.4 Å². The predicted molar refractivity (Wildman–Crippen MR) is 99.8 cm³/mol. The molecule has 3 aromatic rings. The van der Waals surface area contributed by atoms with E-state index >= 15 is 0 Å². The van der Waals surface area contributed by atoms with Crippen LogP contribution in [0.3, 0.4) is 0 Å². The van der Waals surface area contributed by atoms with Crippen molar-refractivity contribution in [2.45, 2.75) is 17.5 Å². The molecule has 0 atom stereocenters. The van der Waals surface area contributed by atoms with Gasteiger partial charge in [0.1, 0.15) is 12.1 Å². The molecule has 0 bridgehead atoms. The Morgan fingerprint density at radius 2 is 1.72 bits per heavy atom. The molecule has 1 heterocycles. The predicted octanol–water partition coefficient (Wildman–Crippen LogP) is 3.52. The van der Waals surface area contributed by atoms with Crippen LogP contribution in [0.4, 0.5) is 10.1 Å². The molecule has 0 saturated heterocycles. The van der Waals surface area contributed by atoms with Crippen molar-refractivity contribution < 1.29 is 4.39 Å². The van der Waals surface area contributed by atoms with Crippen LogP contribution in [-0.2, 0) is 12.3 Å². The van der Waals surface area contributed by atoms with Crippen molar-refractivity contribution in [3.05, 3.63) is 71.8 Å². The molecule has 0 amide bonds. The molecule has 5 nitrogen and oxygen atoms in total. The summed E-state index contributed by atoms with van der Waals surface area (Å²) in [6, 6.07) is 14.9. The molecule has 0 aliphatic heterocycles. The van der Waals surface area contributed by atoms with Crippen LogP contribution in [0.5, 0.6) is 0 Å². The Hall–Kier alpha value is -2.54. The van der Waals surface area contributed by atoms with Crippen LogP contribution in [0, 0.1) is 5.82 Å². The fourth-order valence-electron chi connectivity index (χ4n) is 2.25. The third kappa shape index (κ3) is 4.73. The van der Waals surface area contributed by atoms with E-state index < -0.39 is 0 Å². The highest BCUT2D eigenvalue weighted by Gasteiger charge is 2.06. The van der Waals surface area contributed by atoms with Gasteiger partial charge in [0.15, 0.2) is 0 Å². The molecule has 0 fully saturated rings. The summed E-state index contributed by atoms with van der Waals surface area (Å²) in [7, 11) is 4.05. The highest BCUT2D eigenvalue weighted by atomic mass is 32.2. The summed E-state index contributed by atoms with van der Waals surface area (Å²) < 4.78 is 14.8. The molecule has 0 unspecified atom stereocenters. The third-order valence-electron chi connectivity index (χ3n) is 3.70. The largest absolute Gasteiger partial charge is 0.378 e. The monoisotopic (exact) mass is 357 g/mol. The van der Waals surface area contributed by atoms with Gasteiger partial charge in [0.05, 0.1) is 6.54 Å². The van der Waals surface area contributed by atoms with E-state index in [4.69, 9.17) is 0 Å². The van der Waals surface area contributed by atoms with Crippen molar-refractivity contribution in [1.82, 2.24) is 14.9 Å². The van der Waals surface area contributed by atoms with Gasteiger partial charge in [-0.3, -0.25) is 0 Å². The van der Waals surface area contributed by atoms with Crippen LogP contribution >= 0.6 is 11.8 Å². The summed E-state index contributed by atoms with van der Waals surface area (Å²) in [5, 5.41) is 8.86. The van der Waals surface area contributed by atoms with E-state index in [-0.39, 0.29) is 5.82 Å². The van der Waals surface area contributed by atoms with Gasteiger partial charge in [0.25, 0.3) is 0 Å². The van der Waals surface area contributed by atoms with Crippen LogP contribution in [-0.4, -0.2) is 29.0 Å². The minimum atomic E-state index is -0.223. The van der Waals surface area contributed by atoms with Gasteiger partial charge in [-0.05, 0) is 35.4 Å². The second kappa shape index (κ2) is 8.02. The Kier molecular flexibility index (Phi) is 5.55. The quantitative estimate of drug-likeness (QED) is 0.656. The van der Waals surface area contributed by atoms with Crippen molar-refractivity contribution in [2.24, 2.45) is 0 Å². The lowest BCUT2D eigenvalue weighted by atomic mass is 10.2. The molecule has 0 aliphatic rings. The molecule has 130 valence electrons. The van der Waals surface area contributed by atoms with Gasteiger partial charge < -0.3 is 10.3 Å². The average Bonchev–Trinajstić information content (AvgIpc) is 3.07. The summed E-state index contributed by atoms with van der Waals surface area (Å²) >= 11 is 1.55. The summed E-state index contributed by atoms with van der Waals surface area (Å²) in [6.45, 7) is 0.676. The average molecular weight is 357 g/mol. The number of benzene rings is 2. The van der Waals surface area contributed by atoms with E-state index in [2.05, 4.69) is 44.8 Å². The lowest BCUT2D eigenvalue weighted by Crippen LogP contribution is -2.14. The van der Waals surface area contributed by atoms with Crippen molar-refractivity contribution in [2.75, 3.05) is 24.4 Å². The van der Waals surface area contributed by atoms with E-state index in [0.717, 1.165) is 10.7 Å². The summed E-state index contributed by atoms with van der Waals surface area (Å²) in [6.07, 6.45) is 1.65. The Labute approximate surface area is 150 Å². The second-order valence-electron chi connectivity index (χ2n) is 5.79. The number of hydrogen-bond donors (Lipinski definition) is 1. The normalized spacial score (nSPS) is 10.7. The first-order valence-electron chi connectivity index (χ1n) is 7.89. The highest BCUT2D eigenvalue weighted by Crippen LogP contribution is 2.20. The number of hydrogen-bond acceptors (Lipinski definition) is 5. The molecule has 1 N–H and O–H groups in total. The third-order valence-corrected chi connectivity index (χ3v) is 4.72. The maximum absolute atomic E-state index is 12.9. The fraction of sp³-hybridized carbons (Fsp3) is 0.222. The van der Waals surface area contributed by atoms with E-state index in [0.29, 0.717) is 12.3 Å². The molecular weight excluding hydrogens is 337 g/mol. The zero-order valence-corrected chi connectivity index (χ0v) is 15.0. The molecule has 3 rings (SSSR count). The maximum atomic E-state index is 12.9. The minimum absolute atomic E-state index is 0.223. The van der Waals surface area contributed by atoms with Crippen molar-refractivity contribution in [3.8, 4) is 0 Å². The Morgan fingerprint density at radius 3 is 2.40 bits per heavy atom. The minimum Gasteiger partial charge on any atom is -0.378 e. The summed E-state index contributed by atoms with van der Waals surface area (Å²) in [5.41, 5.74) is 6.69. The zero-order chi connectivity index (χ0) is 17.6. The number of thioether (sulfide) groups is 1.